The maximum Gasteiger partial charge on any atom is 0.399 e. The van der Waals surface area contributed by atoms with Crippen LogP contribution in [0.1, 0.15) is 27.7 Å². The van der Waals surface area contributed by atoms with E-state index in [1.54, 1.807) is 20.8 Å². The van der Waals surface area contributed by atoms with E-state index in [0.717, 1.165) is 7.11 Å². The Labute approximate surface area is 140 Å². The third-order valence-electron chi connectivity index (χ3n) is 3.74. The standard InChI is InChI=1S/C12H21N3O8S/c1-7-20-10(21-7)12(4,14-15-13)9(23-24(16,17)18-5)8-6-19-11(2,3)22-8/h7-10H,6H2,1-5H3/t7?,8-,9-,10?,12+/m1/s1. The number of azide groups is 1. The van der Waals surface area contributed by atoms with Crippen molar-refractivity contribution < 1.29 is 35.7 Å². The van der Waals surface area contributed by atoms with E-state index in [0.29, 0.717) is 0 Å². The van der Waals surface area contributed by atoms with Crippen molar-refractivity contribution in [2.24, 2.45) is 5.11 Å². The molecule has 2 rings (SSSR count). The fourth-order valence-corrected chi connectivity index (χ4v) is 3.19. The fourth-order valence-electron chi connectivity index (χ4n) is 2.53. The molecule has 0 amide bonds. The highest BCUT2D eigenvalue weighted by Crippen LogP contribution is 2.39. The lowest BCUT2D eigenvalue weighted by Gasteiger charge is -2.46. The van der Waals surface area contributed by atoms with E-state index in [1.807, 2.05) is 0 Å². The van der Waals surface area contributed by atoms with Gasteiger partial charge in [0.1, 0.15) is 17.7 Å². The first kappa shape index (κ1) is 19.3. The van der Waals surface area contributed by atoms with E-state index < -0.39 is 46.5 Å². The van der Waals surface area contributed by atoms with Gasteiger partial charge in [0.15, 0.2) is 18.4 Å². The van der Waals surface area contributed by atoms with Crippen molar-refractivity contribution in [2.75, 3.05) is 13.7 Å². The predicted octanol–water partition coefficient (Wildman–Crippen LogP) is 1.20. The lowest BCUT2D eigenvalue weighted by Crippen LogP contribution is -2.62. The van der Waals surface area contributed by atoms with Gasteiger partial charge in [-0.05, 0) is 33.2 Å². The molecule has 2 aliphatic rings. The molecule has 0 saturated carbocycles. The van der Waals surface area contributed by atoms with Gasteiger partial charge >= 0.3 is 10.4 Å². The van der Waals surface area contributed by atoms with Crippen LogP contribution in [0.25, 0.3) is 10.4 Å². The first-order chi connectivity index (χ1) is 11.0. The van der Waals surface area contributed by atoms with Gasteiger partial charge in [-0.1, -0.05) is 5.11 Å². The molecule has 2 saturated heterocycles. The third-order valence-corrected chi connectivity index (χ3v) is 4.59. The molecule has 2 heterocycles. The van der Waals surface area contributed by atoms with Crippen LogP contribution in [0.15, 0.2) is 5.11 Å². The summed E-state index contributed by atoms with van der Waals surface area (Å²) in [7, 11) is -3.41. The smallest absolute Gasteiger partial charge is 0.348 e. The number of rotatable bonds is 7. The van der Waals surface area contributed by atoms with Crippen LogP contribution in [-0.2, 0) is 37.7 Å². The number of hydrogen-bond acceptors (Lipinski definition) is 9. The van der Waals surface area contributed by atoms with Gasteiger partial charge < -0.3 is 18.9 Å². The Bertz CT molecular complexity index is 614. The molecule has 0 aromatic rings. The first-order valence-electron chi connectivity index (χ1n) is 7.21. The summed E-state index contributed by atoms with van der Waals surface area (Å²) >= 11 is 0. The molecule has 0 spiro atoms. The van der Waals surface area contributed by atoms with Crippen LogP contribution in [0.5, 0.6) is 0 Å². The van der Waals surface area contributed by atoms with E-state index >= 15 is 0 Å². The quantitative estimate of drug-likeness (QED) is 0.371. The molecule has 0 aromatic carbocycles. The summed E-state index contributed by atoms with van der Waals surface area (Å²) in [6.45, 7) is 6.45. The Morgan fingerprint density at radius 2 is 2.04 bits per heavy atom. The summed E-state index contributed by atoms with van der Waals surface area (Å²) in [6, 6.07) is 0. The van der Waals surface area contributed by atoms with E-state index in [-0.39, 0.29) is 6.61 Å². The van der Waals surface area contributed by atoms with Gasteiger partial charge in [0, 0.05) is 4.91 Å². The highest BCUT2D eigenvalue weighted by atomic mass is 32.3. The summed E-state index contributed by atoms with van der Waals surface area (Å²) in [5, 5.41) is 3.67. The second kappa shape index (κ2) is 6.73. The summed E-state index contributed by atoms with van der Waals surface area (Å²) in [5.41, 5.74) is 7.38. The summed E-state index contributed by atoms with van der Waals surface area (Å²) in [4.78, 5) is 2.77. The van der Waals surface area contributed by atoms with Crippen LogP contribution in [0.4, 0.5) is 0 Å². The average Bonchev–Trinajstić information content (AvgIpc) is 2.81. The SMILES string of the molecule is COS(=O)(=O)O[C@H]([C@H]1COC(C)(C)O1)[C@](C)(N=[N+]=[N-])C1OC(C)O1. The van der Waals surface area contributed by atoms with Gasteiger partial charge in [-0.15, -0.1) is 0 Å². The lowest BCUT2D eigenvalue weighted by atomic mass is 9.90. The van der Waals surface area contributed by atoms with Crippen molar-refractivity contribution in [3.8, 4) is 0 Å². The van der Waals surface area contributed by atoms with Gasteiger partial charge in [-0.3, -0.25) is 4.18 Å². The Kier molecular flexibility index (Phi) is 5.43. The first-order valence-corrected chi connectivity index (χ1v) is 8.54. The highest BCUT2D eigenvalue weighted by Gasteiger charge is 2.56. The molecule has 0 bridgehead atoms. The zero-order chi connectivity index (χ0) is 18.2. The van der Waals surface area contributed by atoms with Crippen LogP contribution >= 0.6 is 0 Å². The van der Waals surface area contributed by atoms with E-state index in [2.05, 4.69) is 14.2 Å². The second-order valence-electron chi connectivity index (χ2n) is 6.05. The molecular formula is C12H21N3O8S. The molecule has 0 aromatic heterocycles. The minimum atomic E-state index is -4.36. The fraction of sp³-hybridized carbons (Fsp3) is 1.00. The maximum absolute atomic E-state index is 11.8. The molecular weight excluding hydrogens is 346 g/mol. The van der Waals surface area contributed by atoms with E-state index in [1.165, 1.54) is 6.92 Å². The van der Waals surface area contributed by atoms with Crippen LogP contribution < -0.4 is 0 Å². The third kappa shape index (κ3) is 3.98. The summed E-state index contributed by atoms with van der Waals surface area (Å²) in [6.07, 6.45) is -3.67. The molecule has 12 heteroatoms. The van der Waals surface area contributed by atoms with Crippen molar-refractivity contribution in [2.45, 2.75) is 63.8 Å². The molecule has 138 valence electrons. The van der Waals surface area contributed by atoms with Gasteiger partial charge in [0.25, 0.3) is 0 Å². The van der Waals surface area contributed by atoms with Crippen LogP contribution in [-0.4, -0.2) is 58.2 Å². The van der Waals surface area contributed by atoms with Gasteiger partial charge in [-0.2, -0.15) is 8.42 Å². The van der Waals surface area contributed by atoms with Crippen molar-refractivity contribution in [3.63, 3.8) is 0 Å². The zero-order valence-corrected chi connectivity index (χ0v) is 14.8. The van der Waals surface area contributed by atoms with Crippen molar-refractivity contribution in [1.29, 1.82) is 0 Å². The lowest BCUT2D eigenvalue weighted by molar-refractivity contribution is -0.400. The van der Waals surface area contributed by atoms with Crippen molar-refractivity contribution in [3.05, 3.63) is 10.4 Å². The van der Waals surface area contributed by atoms with E-state index in [9.17, 15) is 8.42 Å². The van der Waals surface area contributed by atoms with Crippen LogP contribution in [0.3, 0.4) is 0 Å². The minimum absolute atomic E-state index is 0.0235. The minimum Gasteiger partial charge on any atom is -0.348 e. The Morgan fingerprint density at radius 3 is 2.46 bits per heavy atom. The largest absolute Gasteiger partial charge is 0.399 e. The van der Waals surface area contributed by atoms with Crippen molar-refractivity contribution in [1.82, 2.24) is 0 Å². The van der Waals surface area contributed by atoms with Gasteiger partial charge in [0.05, 0.1) is 13.7 Å². The topological polar surface area (TPSA) is 138 Å². The summed E-state index contributed by atoms with van der Waals surface area (Å²) in [5.74, 6) is -0.949. The molecule has 2 aliphatic heterocycles. The average molecular weight is 367 g/mol. The second-order valence-corrected chi connectivity index (χ2v) is 7.39. The summed E-state index contributed by atoms with van der Waals surface area (Å²) < 4.78 is 55.0. The Hall–Kier alpha value is -0.980. The number of hydrogen-bond donors (Lipinski definition) is 0. The Morgan fingerprint density at radius 1 is 1.42 bits per heavy atom. The van der Waals surface area contributed by atoms with Crippen LogP contribution in [0, 0.1) is 0 Å². The maximum atomic E-state index is 11.8. The predicted molar refractivity (Wildman–Crippen MR) is 78.7 cm³/mol. The molecule has 0 aliphatic carbocycles. The van der Waals surface area contributed by atoms with Gasteiger partial charge in [0.2, 0.25) is 0 Å². The molecule has 3 atom stereocenters. The number of nitrogens with zero attached hydrogens (tertiary/aromatic N) is 3. The molecule has 0 unspecified atom stereocenters. The van der Waals surface area contributed by atoms with Gasteiger partial charge in [-0.25, -0.2) is 4.18 Å². The molecule has 0 radical (unpaired) electrons. The molecule has 0 N–H and O–H groups in total. The molecule has 24 heavy (non-hydrogen) atoms. The Balaban J connectivity index is 2.37. The molecule has 11 nitrogen and oxygen atoms in total. The van der Waals surface area contributed by atoms with Crippen LogP contribution in [0.2, 0.25) is 0 Å². The normalized spacial score (nSPS) is 33.1. The molecule has 2 fully saturated rings. The number of ether oxygens (including phenoxy) is 4. The van der Waals surface area contributed by atoms with Crippen molar-refractivity contribution >= 4 is 10.4 Å². The van der Waals surface area contributed by atoms with E-state index in [4.69, 9.17) is 28.7 Å². The zero-order valence-electron chi connectivity index (χ0n) is 14.0. The monoisotopic (exact) mass is 367 g/mol. The highest BCUT2D eigenvalue weighted by molar-refractivity contribution is 7.81.